The Labute approximate surface area is 198 Å². The van der Waals surface area contributed by atoms with Gasteiger partial charge in [-0.15, -0.1) is 0 Å². The fraction of sp³-hybridized carbons (Fsp3) is 0.375. The number of benzene rings is 1. The molecule has 0 radical (unpaired) electrons. The number of nitrogens with one attached hydrogen (secondary N) is 3. The lowest BCUT2D eigenvalue weighted by molar-refractivity contribution is -0.143. The highest BCUT2D eigenvalue weighted by Gasteiger charge is 2.29. The maximum atomic E-state index is 12.8. The molecule has 1 aromatic heterocycles. The predicted octanol–water partition coefficient (Wildman–Crippen LogP) is 3.28. The van der Waals surface area contributed by atoms with E-state index < -0.39 is 10.0 Å². The Hall–Kier alpha value is -3.40. The van der Waals surface area contributed by atoms with Gasteiger partial charge in [-0.25, -0.2) is 8.42 Å². The molecule has 0 saturated carbocycles. The number of H-pyrrole nitrogens is 1. The lowest BCUT2D eigenvalue weighted by Crippen LogP contribution is -2.14. The summed E-state index contributed by atoms with van der Waals surface area (Å²) in [6.45, 7) is 3.56. The number of anilines is 2. The summed E-state index contributed by atoms with van der Waals surface area (Å²) in [5, 5.41) is 2.79. The fourth-order valence-corrected chi connectivity index (χ4v) is 4.96. The van der Waals surface area contributed by atoms with E-state index in [4.69, 9.17) is 4.74 Å². The number of aromatic nitrogens is 1. The summed E-state index contributed by atoms with van der Waals surface area (Å²) >= 11 is 0. The van der Waals surface area contributed by atoms with Gasteiger partial charge in [0.15, 0.2) is 5.78 Å². The molecule has 1 aliphatic heterocycles. The summed E-state index contributed by atoms with van der Waals surface area (Å²) < 4.78 is 31.5. The Bertz CT molecular complexity index is 1310. The molecule has 3 N–H and O–H groups in total. The summed E-state index contributed by atoms with van der Waals surface area (Å²) in [5.74, 6) is -0.735. The van der Waals surface area contributed by atoms with Crippen LogP contribution in [-0.2, 0) is 37.2 Å². The Morgan fingerprint density at radius 1 is 1.21 bits per heavy atom. The molecule has 180 valence electrons. The van der Waals surface area contributed by atoms with Gasteiger partial charge in [0.2, 0.25) is 10.0 Å². The number of carbonyl (C=O) groups is 3. The highest BCUT2D eigenvalue weighted by Crippen LogP contribution is 2.37. The van der Waals surface area contributed by atoms with E-state index in [0.717, 1.165) is 12.1 Å². The van der Waals surface area contributed by atoms with Crippen LogP contribution in [-0.4, -0.2) is 43.4 Å². The molecule has 4 rings (SSSR count). The van der Waals surface area contributed by atoms with E-state index in [-0.39, 0.29) is 36.4 Å². The second-order valence-electron chi connectivity index (χ2n) is 8.23. The van der Waals surface area contributed by atoms with Crippen LogP contribution in [0.15, 0.2) is 18.2 Å². The van der Waals surface area contributed by atoms with Gasteiger partial charge in [-0.1, -0.05) is 0 Å². The highest BCUT2D eigenvalue weighted by atomic mass is 32.2. The first-order valence-electron chi connectivity index (χ1n) is 11.3. The molecule has 2 aromatic rings. The quantitative estimate of drug-likeness (QED) is 0.388. The Morgan fingerprint density at radius 2 is 2.00 bits per heavy atom. The van der Waals surface area contributed by atoms with Crippen molar-refractivity contribution in [3.8, 4) is 0 Å². The summed E-state index contributed by atoms with van der Waals surface area (Å²) in [7, 11) is -3.48. The van der Waals surface area contributed by atoms with Crippen molar-refractivity contribution in [2.24, 2.45) is 0 Å². The number of hydrogen-bond acceptors (Lipinski definition) is 6. The van der Waals surface area contributed by atoms with Crippen LogP contribution in [0.25, 0.3) is 11.6 Å². The number of fused-ring (bicyclic) bond motifs is 2. The molecule has 0 unspecified atom stereocenters. The van der Waals surface area contributed by atoms with Crippen LogP contribution in [0, 0.1) is 0 Å². The van der Waals surface area contributed by atoms with E-state index in [9.17, 15) is 22.8 Å². The molecule has 10 heteroatoms. The number of hydrogen-bond donors (Lipinski definition) is 3. The topological polar surface area (TPSA) is 134 Å². The molecule has 1 amide bonds. The van der Waals surface area contributed by atoms with Crippen molar-refractivity contribution in [1.82, 2.24) is 4.98 Å². The number of aromatic amines is 1. The number of amides is 1. The molecule has 0 saturated heterocycles. The van der Waals surface area contributed by atoms with Gasteiger partial charge in [-0.05, 0) is 62.9 Å². The van der Waals surface area contributed by atoms with Crippen molar-refractivity contribution in [3.05, 3.63) is 46.3 Å². The Kier molecular flexibility index (Phi) is 6.60. The number of sulfonamides is 1. The molecule has 0 fully saturated rings. The zero-order chi connectivity index (χ0) is 24.5. The molecule has 1 aromatic carbocycles. The lowest BCUT2D eigenvalue weighted by Gasteiger charge is -2.11. The van der Waals surface area contributed by atoms with Crippen molar-refractivity contribution in [3.63, 3.8) is 0 Å². The van der Waals surface area contributed by atoms with E-state index >= 15 is 0 Å². The van der Waals surface area contributed by atoms with Crippen LogP contribution in [0.2, 0.25) is 0 Å². The maximum Gasteiger partial charge on any atom is 0.306 e. The van der Waals surface area contributed by atoms with Crippen molar-refractivity contribution >= 4 is 50.7 Å². The molecule has 0 bridgehead atoms. The number of ether oxygens (including phenoxy) is 1. The second-order valence-corrected chi connectivity index (χ2v) is 10.2. The number of esters is 1. The highest BCUT2D eigenvalue weighted by molar-refractivity contribution is 7.92. The molecule has 2 aliphatic rings. The monoisotopic (exact) mass is 485 g/mol. The fourth-order valence-electron chi connectivity index (χ4n) is 4.33. The van der Waals surface area contributed by atoms with Crippen molar-refractivity contribution in [1.29, 1.82) is 0 Å². The molecule has 0 spiro atoms. The van der Waals surface area contributed by atoms with Crippen LogP contribution in [0.3, 0.4) is 0 Å². The normalized spacial score (nSPS) is 16.2. The minimum atomic E-state index is -3.48. The molecule has 1 aliphatic carbocycles. The van der Waals surface area contributed by atoms with E-state index in [0.29, 0.717) is 58.6 Å². The average Bonchev–Trinajstić information content (AvgIpc) is 3.30. The standard InChI is InChI=1S/C24H27N3O6S/c1-3-33-22(29)11-9-15-20(25-19-6-5-7-21(28)23(15)19)13-17-16-12-14(27-34(31,32)4-2)8-10-18(16)26-24(17)30/h8,10,12-13,25,27H,3-7,9,11H2,1-2H3,(H,26,30). The molecule has 2 heterocycles. The number of Topliss-reactive ketones (excluding diaryl/α,β-unsaturated/α-hetero) is 1. The van der Waals surface area contributed by atoms with E-state index in [1.807, 2.05) is 0 Å². The van der Waals surface area contributed by atoms with Gasteiger partial charge in [-0.3, -0.25) is 19.1 Å². The first-order chi connectivity index (χ1) is 16.2. The average molecular weight is 486 g/mol. The van der Waals surface area contributed by atoms with Crippen molar-refractivity contribution in [2.45, 2.75) is 46.0 Å². The van der Waals surface area contributed by atoms with E-state index in [1.54, 1.807) is 31.2 Å². The van der Waals surface area contributed by atoms with E-state index in [2.05, 4.69) is 15.0 Å². The lowest BCUT2D eigenvalue weighted by atomic mass is 9.91. The minimum absolute atomic E-state index is 0.0218. The summed E-state index contributed by atoms with van der Waals surface area (Å²) in [4.78, 5) is 40.8. The third-order valence-corrected chi connectivity index (χ3v) is 7.26. The van der Waals surface area contributed by atoms with E-state index in [1.165, 1.54) is 6.92 Å². The van der Waals surface area contributed by atoms with Gasteiger partial charge < -0.3 is 15.0 Å². The van der Waals surface area contributed by atoms with Gasteiger partial charge in [0.05, 0.1) is 17.9 Å². The molecular weight excluding hydrogens is 458 g/mol. The molecule has 0 atom stereocenters. The minimum Gasteiger partial charge on any atom is -0.466 e. The number of rotatable bonds is 8. The second kappa shape index (κ2) is 9.46. The SMILES string of the molecule is CCOC(=O)CCc1c(C=C2C(=O)Nc3ccc(NS(=O)(=O)CC)cc32)[nH]c2c1C(=O)CCC2. The van der Waals surface area contributed by atoms with Crippen LogP contribution < -0.4 is 10.0 Å². The largest absolute Gasteiger partial charge is 0.466 e. The molecular formula is C24H27N3O6S. The van der Waals surface area contributed by atoms with Crippen LogP contribution in [0.5, 0.6) is 0 Å². The van der Waals surface area contributed by atoms with Crippen LogP contribution in [0.1, 0.15) is 66.0 Å². The number of carbonyl (C=O) groups excluding carboxylic acids is 3. The first-order valence-corrected chi connectivity index (χ1v) is 13.0. The molecule has 9 nitrogen and oxygen atoms in total. The van der Waals surface area contributed by atoms with Crippen LogP contribution >= 0.6 is 0 Å². The van der Waals surface area contributed by atoms with Gasteiger partial charge in [0.25, 0.3) is 5.91 Å². The third-order valence-electron chi connectivity index (χ3n) is 5.95. The summed E-state index contributed by atoms with van der Waals surface area (Å²) in [5.41, 5.74) is 4.53. The Morgan fingerprint density at radius 3 is 2.74 bits per heavy atom. The number of aryl methyl sites for hydroxylation is 1. The maximum absolute atomic E-state index is 12.8. The third kappa shape index (κ3) is 4.77. The van der Waals surface area contributed by atoms with Gasteiger partial charge in [0.1, 0.15) is 0 Å². The zero-order valence-electron chi connectivity index (χ0n) is 19.1. The van der Waals surface area contributed by atoms with Gasteiger partial charge in [0, 0.05) is 46.7 Å². The zero-order valence-corrected chi connectivity index (χ0v) is 19.9. The predicted molar refractivity (Wildman–Crippen MR) is 129 cm³/mol. The van der Waals surface area contributed by atoms with Crippen molar-refractivity contribution < 1.29 is 27.5 Å². The number of ketones is 1. The van der Waals surface area contributed by atoms with Gasteiger partial charge >= 0.3 is 5.97 Å². The Balaban J connectivity index is 1.75. The van der Waals surface area contributed by atoms with Crippen molar-refractivity contribution in [2.75, 3.05) is 22.4 Å². The van der Waals surface area contributed by atoms with Gasteiger partial charge in [-0.2, -0.15) is 0 Å². The summed E-state index contributed by atoms with van der Waals surface area (Å²) in [6, 6.07) is 4.84. The smallest absolute Gasteiger partial charge is 0.306 e. The summed E-state index contributed by atoms with van der Waals surface area (Å²) in [6.07, 6.45) is 3.99. The first kappa shape index (κ1) is 23.7. The molecule has 34 heavy (non-hydrogen) atoms. The van der Waals surface area contributed by atoms with Crippen LogP contribution in [0.4, 0.5) is 11.4 Å².